The van der Waals surface area contributed by atoms with E-state index < -0.39 is 144 Å². The second-order valence-electron chi connectivity index (χ2n) is 18.1. The van der Waals surface area contributed by atoms with Crippen molar-refractivity contribution in [3.05, 3.63) is 255 Å². The molecule has 0 fully saturated rings. The van der Waals surface area contributed by atoms with Gasteiger partial charge in [-0.1, -0.05) is 97.1 Å². The van der Waals surface area contributed by atoms with Crippen molar-refractivity contribution >= 4 is 71.1 Å². The van der Waals surface area contributed by atoms with Gasteiger partial charge in [0.25, 0.3) is 0 Å². The molecule has 0 amide bonds. The molecular formula is C58H24BF20N. The lowest BCUT2D eigenvalue weighted by molar-refractivity contribution is -0.676. The Hall–Kier alpha value is -8.95. The minimum atomic E-state index is -7.22. The van der Waals surface area contributed by atoms with Gasteiger partial charge < -0.3 is 0 Å². The zero-order valence-electron chi connectivity index (χ0n) is 39.5. The Balaban J connectivity index is 0.000000185. The average molecular weight is 1130 g/mol. The number of rotatable bonds is 7. The second-order valence-corrected chi connectivity index (χ2v) is 18.1. The quantitative estimate of drug-likeness (QED) is 0.0374. The summed E-state index contributed by atoms with van der Waals surface area (Å²) in [6.07, 6.45) is -4.97. The van der Waals surface area contributed by atoms with Gasteiger partial charge in [-0.15, -0.1) is 21.9 Å². The Kier molecular flexibility index (Phi) is 13.9. The lowest BCUT2D eigenvalue weighted by Crippen LogP contribution is -2.81. The molecular weight excluding hydrogens is 1100 g/mol. The number of benzene rings is 10. The number of hydrogen-bond acceptors (Lipinski definition) is 0. The highest BCUT2D eigenvalue weighted by molar-refractivity contribution is 7.20. The summed E-state index contributed by atoms with van der Waals surface area (Å²) >= 11 is 0. The predicted octanol–water partition coefficient (Wildman–Crippen LogP) is 14.1. The molecule has 0 N–H and O–H groups in total. The van der Waals surface area contributed by atoms with E-state index in [1.165, 1.54) is 59.9 Å². The van der Waals surface area contributed by atoms with Crippen LogP contribution < -0.4 is 26.4 Å². The van der Waals surface area contributed by atoms with Crippen molar-refractivity contribution in [2.75, 3.05) is 0 Å². The minimum Gasteiger partial charge on any atom is -0.207 e. The molecule has 11 rings (SSSR count). The standard InChI is InChI=1S/C34H24N.C24BF20/c1-2-10-24(11-3-1)23-35-19-18-25-12-6-9-17-31(25)34(35)33-30-16-8-7-15-28(30)21-29-20-26-13-4-5-14-27(26)22-32(29)33;26-5-1(6(27)14(35)21(42)13(5)34)25(2-7(28)15(36)22(43)16(37)8(2)29,3-9(30)17(38)23(44)18(39)10(3)31)4-11(32)19(40)24(45)20(41)12(4)33/h1-22H,23H2;/q+1;-1. The van der Waals surface area contributed by atoms with Crippen molar-refractivity contribution < 1.29 is 92.4 Å². The van der Waals surface area contributed by atoms with Crippen LogP contribution >= 0.6 is 0 Å². The SMILES string of the molecule is Fc1c(F)c(F)c([B-](c2c(F)c(F)c(F)c(F)c2F)(c2c(F)c(F)c(F)c(F)c2F)c2c(F)c(F)c(F)c(F)c2F)c(F)c1F.c1ccc(C[n+]2ccc3ccccc3c2-c2c3ccccc3cc3cc4ccccc4cc23)cc1. The largest absolute Gasteiger partial charge is 0.221 e. The Morgan fingerprint density at radius 3 is 0.988 bits per heavy atom. The summed E-state index contributed by atoms with van der Waals surface area (Å²) in [7, 11) is 0. The normalized spacial score (nSPS) is 11.8. The topological polar surface area (TPSA) is 3.88 Å². The van der Waals surface area contributed by atoms with Crippen LogP contribution in [0, 0.1) is 116 Å². The first-order chi connectivity index (χ1) is 38.1. The van der Waals surface area contributed by atoms with E-state index in [9.17, 15) is 52.7 Å². The first-order valence-corrected chi connectivity index (χ1v) is 23.1. The third kappa shape index (κ3) is 8.24. The third-order valence-corrected chi connectivity index (χ3v) is 13.8. The summed E-state index contributed by atoms with van der Waals surface area (Å²) in [5, 5.41) is 10.2. The van der Waals surface area contributed by atoms with Crippen molar-refractivity contribution in [3.63, 3.8) is 0 Å². The van der Waals surface area contributed by atoms with Crippen LogP contribution in [0.15, 0.2) is 134 Å². The highest BCUT2D eigenvalue weighted by atomic mass is 19.2. The van der Waals surface area contributed by atoms with Crippen LogP contribution in [0.2, 0.25) is 0 Å². The number of halogens is 20. The van der Waals surface area contributed by atoms with Crippen molar-refractivity contribution in [3.8, 4) is 11.3 Å². The molecule has 0 radical (unpaired) electrons. The first kappa shape index (κ1) is 54.4. The first-order valence-electron chi connectivity index (χ1n) is 23.1. The number of pyridine rings is 1. The van der Waals surface area contributed by atoms with Gasteiger partial charge in [-0.25, -0.2) is 87.8 Å². The van der Waals surface area contributed by atoms with E-state index in [-0.39, 0.29) is 0 Å². The molecule has 0 spiro atoms. The van der Waals surface area contributed by atoms with Crippen LogP contribution in [0.25, 0.3) is 54.3 Å². The zero-order chi connectivity index (χ0) is 57.5. The van der Waals surface area contributed by atoms with Gasteiger partial charge in [-0.2, -0.15) is 4.57 Å². The van der Waals surface area contributed by atoms with Gasteiger partial charge in [0.2, 0.25) is 5.69 Å². The van der Waals surface area contributed by atoms with Gasteiger partial charge in [-0.05, 0) is 62.0 Å². The highest BCUT2D eigenvalue weighted by Crippen LogP contribution is 2.40. The number of fused-ring (bicyclic) bond motifs is 4. The molecule has 1 heterocycles. The fourth-order valence-electron chi connectivity index (χ4n) is 10.3. The maximum atomic E-state index is 15.4. The average Bonchev–Trinajstić information content (AvgIpc) is 3.51. The van der Waals surface area contributed by atoms with Crippen molar-refractivity contribution in [2.24, 2.45) is 0 Å². The van der Waals surface area contributed by atoms with Gasteiger partial charge in [0.1, 0.15) is 52.7 Å². The third-order valence-electron chi connectivity index (χ3n) is 13.8. The molecule has 404 valence electrons. The molecule has 0 aliphatic heterocycles. The Morgan fingerprint density at radius 2 is 0.575 bits per heavy atom. The molecule has 10 aromatic carbocycles. The summed E-state index contributed by atoms with van der Waals surface area (Å²) in [5.41, 5.74) is -10.5. The van der Waals surface area contributed by atoms with Crippen LogP contribution in [-0.4, -0.2) is 6.15 Å². The van der Waals surface area contributed by atoms with Gasteiger partial charge >= 0.3 is 0 Å². The van der Waals surface area contributed by atoms with Crippen LogP contribution in [0.4, 0.5) is 87.8 Å². The van der Waals surface area contributed by atoms with E-state index in [0.717, 1.165) is 6.54 Å². The molecule has 0 saturated carbocycles. The molecule has 0 unspecified atom stereocenters. The van der Waals surface area contributed by atoms with Crippen LogP contribution in [0.3, 0.4) is 0 Å². The van der Waals surface area contributed by atoms with Crippen LogP contribution in [-0.2, 0) is 6.54 Å². The second kappa shape index (κ2) is 20.4. The van der Waals surface area contributed by atoms with E-state index in [0.29, 0.717) is 0 Å². The van der Waals surface area contributed by atoms with E-state index in [2.05, 4.69) is 138 Å². The molecule has 1 aromatic heterocycles. The molecule has 11 aromatic rings. The summed E-state index contributed by atoms with van der Waals surface area (Å²) in [6, 6.07) is 46.3. The number of nitrogens with zero attached hydrogens (tertiary/aromatic N) is 1. The van der Waals surface area contributed by atoms with Crippen molar-refractivity contribution in [1.29, 1.82) is 0 Å². The molecule has 0 aliphatic rings. The number of aromatic nitrogens is 1. The monoisotopic (exact) mass is 1130 g/mol. The summed E-state index contributed by atoms with van der Waals surface area (Å²) in [6.45, 7) is 0.819. The van der Waals surface area contributed by atoms with Gasteiger partial charge in [0, 0.05) is 11.6 Å². The molecule has 1 nitrogen and oxygen atoms in total. The minimum absolute atomic E-state index is 0.819. The molecule has 0 atom stereocenters. The Morgan fingerprint density at radius 1 is 0.263 bits per heavy atom. The van der Waals surface area contributed by atoms with E-state index in [1.54, 1.807) is 0 Å². The van der Waals surface area contributed by atoms with Gasteiger partial charge in [-0.3, -0.25) is 0 Å². The Bertz CT molecular complexity index is 4010. The maximum absolute atomic E-state index is 15.4. The fraction of sp³-hybridized carbons (Fsp3) is 0.0172. The molecule has 0 aliphatic carbocycles. The summed E-state index contributed by atoms with van der Waals surface area (Å²) < 4.78 is 296. The van der Waals surface area contributed by atoms with E-state index in [1.807, 2.05) is 0 Å². The van der Waals surface area contributed by atoms with Crippen molar-refractivity contribution in [2.45, 2.75) is 6.54 Å². The molecule has 0 bridgehead atoms. The van der Waals surface area contributed by atoms with Crippen LogP contribution in [0.1, 0.15) is 5.56 Å². The summed E-state index contributed by atoms with van der Waals surface area (Å²) in [5.74, 6) is -71.4. The van der Waals surface area contributed by atoms with Crippen LogP contribution in [0.5, 0.6) is 0 Å². The lowest BCUT2D eigenvalue weighted by atomic mass is 9.12. The predicted molar refractivity (Wildman–Crippen MR) is 257 cm³/mol. The number of hydrogen-bond donors (Lipinski definition) is 0. The smallest absolute Gasteiger partial charge is 0.207 e. The Labute approximate surface area is 435 Å². The van der Waals surface area contributed by atoms with E-state index >= 15 is 35.1 Å². The van der Waals surface area contributed by atoms with Gasteiger partial charge in [0.05, 0.1) is 10.9 Å². The maximum Gasteiger partial charge on any atom is 0.221 e. The fourth-order valence-corrected chi connectivity index (χ4v) is 10.3. The molecule has 0 saturated heterocycles. The molecule has 80 heavy (non-hydrogen) atoms. The van der Waals surface area contributed by atoms with E-state index in [4.69, 9.17) is 0 Å². The highest BCUT2D eigenvalue weighted by Gasteiger charge is 2.52. The summed E-state index contributed by atoms with van der Waals surface area (Å²) in [4.78, 5) is 0. The molecule has 22 heteroatoms. The zero-order valence-corrected chi connectivity index (χ0v) is 39.5. The van der Waals surface area contributed by atoms with Crippen molar-refractivity contribution in [1.82, 2.24) is 0 Å². The lowest BCUT2D eigenvalue weighted by Gasteiger charge is -2.44. The van der Waals surface area contributed by atoms with Gasteiger partial charge in [0.15, 0.2) is 82.5 Å².